The molecule has 0 aromatic heterocycles. The van der Waals surface area contributed by atoms with Gasteiger partial charge in [0.25, 0.3) is 0 Å². The quantitative estimate of drug-likeness (QED) is 0.506. The minimum absolute atomic E-state index is 0.0927. The third-order valence-corrected chi connectivity index (χ3v) is 1.37. The Bertz CT molecular complexity index is 350. The molecular weight excluding hydrogens is 155 g/mol. The molecule has 0 saturated carbocycles. The summed E-state index contributed by atoms with van der Waals surface area (Å²) in [6.45, 7) is 0. The number of nitrogens with two attached hydrogens (primary N) is 1. The molecule has 1 aromatic rings. The zero-order valence-electron chi connectivity index (χ0n) is 6.29. The summed E-state index contributed by atoms with van der Waals surface area (Å²) in [7, 11) is 0. The molecule has 0 unspecified atom stereocenters. The van der Waals surface area contributed by atoms with Crippen LogP contribution in [0.2, 0.25) is 0 Å². The number of nitriles is 1. The SMILES string of the molecule is N#CC=Cc1ccc(F)c(N)c1. The molecule has 0 atom stereocenters. The molecule has 0 fully saturated rings. The number of anilines is 1. The highest BCUT2D eigenvalue weighted by molar-refractivity contribution is 5.57. The number of allylic oxidation sites excluding steroid dienone is 1. The molecule has 2 nitrogen and oxygen atoms in total. The van der Waals surface area contributed by atoms with Gasteiger partial charge in [0.05, 0.1) is 11.8 Å². The minimum Gasteiger partial charge on any atom is -0.396 e. The van der Waals surface area contributed by atoms with Crippen LogP contribution in [0.4, 0.5) is 10.1 Å². The van der Waals surface area contributed by atoms with Gasteiger partial charge in [0, 0.05) is 6.08 Å². The lowest BCUT2D eigenvalue weighted by Crippen LogP contribution is -1.89. The van der Waals surface area contributed by atoms with Gasteiger partial charge in [-0.2, -0.15) is 5.26 Å². The molecule has 12 heavy (non-hydrogen) atoms. The van der Waals surface area contributed by atoms with Crippen molar-refractivity contribution in [1.82, 2.24) is 0 Å². The molecule has 1 aromatic carbocycles. The Morgan fingerprint density at radius 2 is 2.25 bits per heavy atom. The van der Waals surface area contributed by atoms with E-state index in [9.17, 15) is 4.39 Å². The molecule has 0 bridgehead atoms. The Morgan fingerprint density at radius 1 is 1.50 bits per heavy atom. The molecule has 60 valence electrons. The standard InChI is InChI=1S/C9H7FN2/c10-8-4-3-7(2-1-5-11)6-9(8)12/h1-4,6H,12H2. The first-order valence-corrected chi connectivity index (χ1v) is 3.35. The van der Waals surface area contributed by atoms with E-state index in [1.165, 1.54) is 18.2 Å². The molecule has 0 aliphatic rings. The van der Waals surface area contributed by atoms with E-state index in [1.54, 1.807) is 12.1 Å². The second kappa shape index (κ2) is 3.54. The molecular formula is C9H7FN2. The fourth-order valence-electron chi connectivity index (χ4n) is 0.799. The van der Waals surface area contributed by atoms with E-state index in [0.29, 0.717) is 0 Å². The number of nitrogen functional groups attached to an aromatic ring is 1. The lowest BCUT2D eigenvalue weighted by atomic mass is 10.2. The Balaban J connectivity index is 2.99. The molecule has 0 radical (unpaired) electrons. The van der Waals surface area contributed by atoms with Crippen molar-refractivity contribution in [3.63, 3.8) is 0 Å². The van der Waals surface area contributed by atoms with Crippen molar-refractivity contribution in [1.29, 1.82) is 5.26 Å². The summed E-state index contributed by atoms with van der Waals surface area (Å²) in [4.78, 5) is 0. The molecule has 0 amide bonds. The number of halogens is 1. The maximum absolute atomic E-state index is 12.6. The van der Waals surface area contributed by atoms with Crippen LogP contribution in [-0.2, 0) is 0 Å². The monoisotopic (exact) mass is 162 g/mol. The molecule has 0 heterocycles. The van der Waals surface area contributed by atoms with Crippen LogP contribution in [0.1, 0.15) is 5.56 Å². The van der Waals surface area contributed by atoms with Crippen LogP contribution in [0.25, 0.3) is 6.08 Å². The van der Waals surface area contributed by atoms with E-state index in [-0.39, 0.29) is 5.69 Å². The van der Waals surface area contributed by atoms with Crippen molar-refractivity contribution in [3.05, 3.63) is 35.7 Å². The van der Waals surface area contributed by atoms with Crippen LogP contribution in [0.15, 0.2) is 24.3 Å². The molecule has 2 N–H and O–H groups in total. The maximum atomic E-state index is 12.6. The van der Waals surface area contributed by atoms with E-state index in [2.05, 4.69) is 0 Å². The zero-order chi connectivity index (χ0) is 8.97. The Labute approximate surface area is 69.7 Å². The lowest BCUT2D eigenvalue weighted by molar-refractivity contribution is 0.632. The van der Waals surface area contributed by atoms with Crippen LogP contribution in [0, 0.1) is 17.1 Å². The van der Waals surface area contributed by atoms with Gasteiger partial charge in [-0.15, -0.1) is 0 Å². The number of rotatable bonds is 1. The van der Waals surface area contributed by atoms with Crippen molar-refractivity contribution >= 4 is 11.8 Å². The summed E-state index contributed by atoms with van der Waals surface area (Å²) in [5, 5.41) is 8.21. The molecule has 0 spiro atoms. The van der Waals surface area contributed by atoms with Crippen molar-refractivity contribution in [2.45, 2.75) is 0 Å². The van der Waals surface area contributed by atoms with Crippen molar-refractivity contribution in [2.75, 3.05) is 5.73 Å². The molecule has 1 rings (SSSR count). The highest BCUT2D eigenvalue weighted by Crippen LogP contribution is 2.12. The highest BCUT2D eigenvalue weighted by atomic mass is 19.1. The van der Waals surface area contributed by atoms with Crippen LogP contribution in [-0.4, -0.2) is 0 Å². The van der Waals surface area contributed by atoms with E-state index in [1.807, 2.05) is 6.07 Å². The fourth-order valence-corrected chi connectivity index (χ4v) is 0.799. The summed E-state index contributed by atoms with van der Waals surface area (Å²) in [6.07, 6.45) is 2.88. The summed E-state index contributed by atoms with van der Waals surface area (Å²) >= 11 is 0. The van der Waals surface area contributed by atoms with E-state index in [0.717, 1.165) is 5.56 Å². The third-order valence-electron chi connectivity index (χ3n) is 1.37. The predicted octanol–water partition coefficient (Wildman–Crippen LogP) is 1.94. The van der Waals surface area contributed by atoms with Crippen molar-refractivity contribution < 1.29 is 4.39 Å². The smallest absolute Gasteiger partial charge is 0.146 e. The Hall–Kier alpha value is -1.82. The first kappa shape index (κ1) is 8.28. The highest BCUT2D eigenvalue weighted by Gasteiger charge is 1.95. The van der Waals surface area contributed by atoms with Gasteiger partial charge < -0.3 is 5.73 Å². The first-order valence-electron chi connectivity index (χ1n) is 3.35. The maximum Gasteiger partial charge on any atom is 0.146 e. The number of benzene rings is 1. The van der Waals surface area contributed by atoms with Gasteiger partial charge >= 0.3 is 0 Å². The third kappa shape index (κ3) is 1.83. The van der Waals surface area contributed by atoms with Crippen LogP contribution in [0.3, 0.4) is 0 Å². The van der Waals surface area contributed by atoms with Gasteiger partial charge in [0.15, 0.2) is 0 Å². The number of nitrogens with zero attached hydrogens (tertiary/aromatic N) is 1. The second-order valence-corrected chi connectivity index (χ2v) is 2.24. The average molecular weight is 162 g/mol. The Kier molecular flexibility index (Phi) is 2.44. The minimum atomic E-state index is -0.441. The molecule has 0 aliphatic carbocycles. The first-order chi connectivity index (χ1) is 5.74. The summed E-state index contributed by atoms with van der Waals surface area (Å²) in [5.74, 6) is -0.441. The van der Waals surface area contributed by atoms with E-state index in [4.69, 9.17) is 11.0 Å². The van der Waals surface area contributed by atoms with Gasteiger partial charge in [-0.05, 0) is 23.8 Å². The van der Waals surface area contributed by atoms with Gasteiger partial charge in [-0.1, -0.05) is 6.07 Å². The number of hydrogen-bond acceptors (Lipinski definition) is 2. The van der Waals surface area contributed by atoms with Crippen LogP contribution >= 0.6 is 0 Å². The molecule has 0 saturated heterocycles. The normalized spacial score (nSPS) is 10.0. The predicted molar refractivity (Wildman–Crippen MR) is 45.5 cm³/mol. The van der Waals surface area contributed by atoms with Gasteiger partial charge in [-0.25, -0.2) is 4.39 Å². The lowest BCUT2D eigenvalue weighted by Gasteiger charge is -1.96. The van der Waals surface area contributed by atoms with Crippen LogP contribution < -0.4 is 5.73 Å². The fraction of sp³-hybridized carbons (Fsp3) is 0. The van der Waals surface area contributed by atoms with E-state index >= 15 is 0 Å². The topological polar surface area (TPSA) is 49.8 Å². The van der Waals surface area contributed by atoms with Crippen molar-refractivity contribution in [3.8, 4) is 6.07 Å². The summed E-state index contributed by atoms with van der Waals surface area (Å²) < 4.78 is 12.6. The van der Waals surface area contributed by atoms with Crippen LogP contribution in [0.5, 0.6) is 0 Å². The Morgan fingerprint density at radius 3 is 2.83 bits per heavy atom. The van der Waals surface area contributed by atoms with Crippen molar-refractivity contribution in [2.24, 2.45) is 0 Å². The van der Waals surface area contributed by atoms with Gasteiger partial charge in [0.1, 0.15) is 5.82 Å². The van der Waals surface area contributed by atoms with Gasteiger partial charge in [0.2, 0.25) is 0 Å². The molecule has 3 heteroatoms. The molecule has 0 aliphatic heterocycles. The second-order valence-electron chi connectivity index (χ2n) is 2.24. The zero-order valence-corrected chi connectivity index (χ0v) is 6.29. The summed E-state index contributed by atoms with van der Waals surface area (Å²) in [6, 6.07) is 6.14. The summed E-state index contributed by atoms with van der Waals surface area (Å²) in [5.41, 5.74) is 6.11. The average Bonchev–Trinajstić information content (AvgIpc) is 2.07. The largest absolute Gasteiger partial charge is 0.396 e. The van der Waals surface area contributed by atoms with Gasteiger partial charge in [-0.3, -0.25) is 0 Å². The van der Waals surface area contributed by atoms with E-state index < -0.39 is 5.82 Å². The number of hydrogen-bond donors (Lipinski definition) is 1.